The first-order chi connectivity index (χ1) is 16.0. The largest absolute Gasteiger partial charge is 0.487 e. The van der Waals surface area contributed by atoms with Gasteiger partial charge in [-0.2, -0.15) is 0 Å². The van der Waals surface area contributed by atoms with Crippen molar-refractivity contribution in [3.05, 3.63) is 41.6 Å². The van der Waals surface area contributed by atoms with Gasteiger partial charge in [0.2, 0.25) is 5.75 Å². The Kier molecular flexibility index (Phi) is 5.76. The minimum Gasteiger partial charge on any atom is -0.487 e. The highest BCUT2D eigenvalue weighted by molar-refractivity contribution is 6.33. The minimum absolute atomic E-state index is 0.0304. The maximum atomic E-state index is 12.0. The van der Waals surface area contributed by atoms with Crippen LogP contribution in [0.3, 0.4) is 0 Å². The van der Waals surface area contributed by atoms with Crippen LogP contribution in [-0.2, 0) is 0 Å². The van der Waals surface area contributed by atoms with E-state index in [1.54, 1.807) is 30.5 Å². The summed E-state index contributed by atoms with van der Waals surface area (Å²) in [7, 11) is 0. The van der Waals surface area contributed by atoms with Crippen LogP contribution in [-0.4, -0.2) is 36.4 Å². The molecule has 0 radical (unpaired) electrons. The predicted molar refractivity (Wildman–Crippen MR) is 125 cm³/mol. The summed E-state index contributed by atoms with van der Waals surface area (Å²) < 4.78 is 23.9. The minimum atomic E-state index is -0.267. The van der Waals surface area contributed by atoms with Crippen molar-refractivity contribution in [2.45, 2.75) is 38.8 Å². The van der Waals surface area contributed by atoms with Gasteiger partial charge in [0.05, 0.1) is 27.7 Å². The molecule has 1 fully saturated rings. The number of benzene rings is 2. The molecule has 1 saturated carbocycles. The number of pyridine rings is 1. The molecule has 0 spiro atoms. The van der Waals surface area contributed by atoms with Crippen LogP contribution in [0.2, 0.25) is 5.02 Å². The Morgan fingerprint density at radius 3 is 2.64 bits per heavy atom. The molecule has 2 amide bonds. The molecule has 5 rings (SSSR count). The third-order valence-corrected chi connectivity index (χ3v) is 5.45. The molecule has 1 aliphatic heterocycles. The van der Waals surface area contributed by atoms with Gasteiger partial charge in [0.15, 0.2) is 11.5 Å². The monoisotopic (exact) mass is 469 g/mol. The van der Waals surface area contributed by atoms with Crippen molar-refractivity contribution in [2.24, 2.45) is 0 Å². The molecular formula is C24H24ClN3O5. The number of urea groups is 1. The number of carbonyl (C=O) groups is 1. The van der Waals surface area contributed by atoms with E-state index in [-0.39, 0.29) is 18.2 Å². The van der Waals surface area contributed by atoms with E-state index in [0.717, 1.165) is 12.8 Å². The molecular weight excluding hydrogens is 446 g/mol. The number of anilines is 1. The molecule has 2 N–H and O–H groups in total. The molecule has 0 unspecified atom stereocenters. The van der Waals surface area contributed by atoms with Crippen LogP contribution in [0, 0.1) is 0 Å². The molecule has 172 valence electrons. The van der Waals surface area contributed by atoms with Gasteiger partial charge in [0.25, 0.3) is 0 Å². The van der Waals surface area contributed by atoms with E-state index >= 15 is 0 Å². The number of aromatic nitrogens is 1. The van der Waals surface area contributed by atoms with Gasteiger partial charge in [-0.05, 0) is 44.9 Å². The summed E-state index contributed by atoms with van der Waals surface area (Å²) in [6, 6.07) is 8.68. The number of carbonyl (C=O) groups excluding carboxylic acids is 1. The lowest BCUT2D eigenvalue weighted by atomic mass is 10.1. The lowest BCUT2D eigenvalue weighted by molar-refractivity contribution is 0.157. The first kappa shape index (κ1) is 21.5. The van der Waals surface area contributed by atoms with Crippen molar-refractivity contribution in [1.82, 2.24) is 10.3 Å². The summed E-state index contributed by atoms with van der Waals surface area (Å²) in [6.45, 7) is 4.74. The smallest absolute Gasteiger partial charge is 0.319 e. The summed E-state index contributed by atoms with van der Waals surface area (Å²) in [4.78, 5) is 16.5. The summed E-state index contributed by atoms with van der Waals surface area (Å²) in [6.07, 6.45) is 3.65. The highest BCUT2D eigenvalue weighted by Gasteiger charge is 2.25. The third kappa shape index (κ3) is 4.71. The van der Waals surface area contributed by atoms with Crippen LogP contribution in [0.1, 0.15) is 26.7 Å². The van der Waals surface area contributed by atoms with Crippen LogP contribution in [0.15, 0.2) is 36.5 Å². The van der Waals surface area contributed by atoms with E-state index in [2.05, 4.69) is 15.6 Å². The molecule has 1 aromatic heterocycles. The fourth-order valence-electron chi connectivity index (χ4n) is 3.56. The topological polar surface area (TPSA) is 90.9 Å². The van der Waals surface area contributed by atoms with E-state index in [9.17, 15) is 4.79 Å². The normalized spacial score (nSPS) is 14.8. The quantitative estimate of drug-likeness (QED) is 0.493. The zero-order chi connectivity index (χ0) is 22.9. The van der Waals surface area contributed by atoms with Crippen LogP contribution >= 0.6 is 11.6 Å². The van der Waals surface area contributed by atoms with E-state index in [4.69, 9.17) is 30.5 Å². The fourth-order valence-corrected chi connectivity index (χ4v) is 3.78. The van der Waals surface area contributed by atoms with Crippen molar-refractivity contribution in [3.8, 4) is 28.7 Å². The van der Waals surface area contributed by atoms with E-state index < -0.39 is 0 Å². The number of rotatable bonds is 6. The molecule has 1 aliphatic carbocycles. The Balaban J connectivity index is 1.45. The van der Waals surface area contributed by atoms with Gasteiger partial charge in [-0.3, -0.25) is 4.98 Å². The second kappa shape index (κ2) is 8.86. The number of hydrogen-bond donors (Lipinski definition) is 2. The standard InChI is InChI=1S/C24H24ClN3O5/c1-13(2)32-20-12-18-21(23-22(20)30-9-10-31-23)19(7-8-26-18)33-15-5-6-17(16(25)11-15)28-24(29)27-14-3-4-14/h5-8,11-14H,3-4,9-10H2,1-2H3,(H2,27,28,29). The molecule has 0 atom stereocenters. The Labute approximate surface area is 196 Å². The summed E-state index contributed by atoms with van der Waals surface area (Å²) in [5, 5.41) is 6.69. The number of hydrogen-bond acceptors (Lipinski definition) is 6. The second-order valence-electron chi connectivity index (χ2n) is 8.22. The zero-order valence-corrected chi connectivity index (χ0v) is 19.1. The van der Waals surface area contributed by atoms with Crippen molar-refractivity contribution in [3.63, 3.8) is 0 Å². The number of halogens is 1. The van der Waals surface area contributed by atoms with E-state index in [1.807, 2.05) is 19.9 Å². The fraction of sp³-hybridized carbons (Fsp3) is 0.333. The Hall–Kier alpha value is -3.39. The molecule has 2 aliphatic rings. The van der Waals surface area contributed by atoms with Crippen LogP contribution in [0.5, 0.6) is 28.7 Å². The summed E-state index contributed by atoms with van der Waals surface area (Å²) in [5.41, 5.74) is 1.17. The molecule has 0 saturated heterocycles. The number of fused-ring (bicyclic) bond motifs is 3. The highest BCUT2D eigenvalue weighted by atomic mass is 35.5. The third-order valence-electron chi connectivity index (χ3n) is 5.13. The predicted octanol–water partition coefficient (Wildman–Crippen LogP) is 5.52. The Morgan fingerprint density at radius 1 is 1.12 bits per heavy atom. The van der Waals surface area contributed by atoms with Gasteiger partial charge in [-0.25, -0.2) is 4.79 Å². The number of amides is 2. The van der Waals surface area contributed by atoms with E-state index in [1.165, 1.54) is 0 Å². The van der Waals surface area contributed by atoms with Crippen molar-refractivity contribution >= 4 is 34.2 Å². The number of ether oxygens (including phenoxy) is 4. The molecule has 8 nitrogen and oxygen atoms in total. The van der Waals surface area contributed by atoms with Crippen LogP contribution < -0.4 is 29.6 Å². The summed E-state index contributed by atoms with van der Waals surface area (Å²) >= 11 is 6.40. The second-order valence-corrected chi connectivity index (χ2v) is 8.62. The average molecular weight is 470 g/mol. The zero-order valence-electron chi connectivity index (χ0n) is 18.3. The Bertz CT molecular complexity index is 1210. The van der Waals surface area contributed by atoms with Gasteiger partial charge >= 0.3 is 6.03 Å². The molecule has 0 bridgehead atoms. The molecule has 3 aromatic rings. The molecule has 9 heteroatoms. The molecule has 2 aromatic carbocycles. The maximum absolute atomic E-state index is 12.0. The van der Waals surface area contributed by atoms with E-state index in [0.29, 0.717) is 63.6 Å². The number of nitrogens with zero attached hydrogens (tertiary/aromatic N) is 1. The summed E-state index contributed by atoms with van der Waals surface area (Å²) in [5.74, 6) is 2.72. The van der Waals surface area contributed by atoms with Crippen LogP contribution in [0.4, 0.5) is 10.5 Å². The Morgan fingerprint density at radius 2 is 1.91 bits per heavy atom. The SMILES string of the molecule is CC(C)Oc1cc2nccc(Oc3ccc(NC(=O)NC4CC4)c(Cl)c3)c2c2c1OCCO2. The van der Waals surface area contributed by atoms with Crippen molar-refractivity contribution in [1.29, 1.82) is 0 Å². The first-order valence-electron chi connectivity index (χ1n) is 10.9. The molecule has 2 heterocycles. The van der Waals surface area contributed by atoms with Gasteiger partial charge in [0, 0.05) is 24.4 Å². The van der Waals surface area contributed by atoms with Crippen LogP contribution in [0.25, 0.3) is 10.9 Å². The average Bonchev–Trinajstić information content (AvgIpc) is 3.59. The highest BCUT2D eigenvalue weighted by Crippen LogP contribution is 2.48. The van der Waals surface area contributed by atoms with Gasteiger partial charge in [-0.1, -0.05) is 11.6 Å². The van der Waals surface area contributed by atoms with Crippen molar-refractivity contribution < 1.29 is 23.7 Å². The van der Waals surface area contributed by atoms with Gasteiger partial charge in [0.1, 0.15) is 24.7 Å². The first-order valence-corrected chi connectivity index (χ1v) is 11.3. The maximum Gasteiger partial charge on any atom is 0.319 e. The van der Waals surface area contributed by atoms with Gasteiger partial charge in [-0.15, -0.1) is 0 Å². The number of nitrogens with one attached hydrogen (secondary N) is 2. The lowest BCUT2D eigenvalue weighted by Crippen LogP contribution is -2.30. The molecule has 33 heavy (non-hydrogen) atoms. The van der Waals surface area contributed by atoms with Gasteiger partial charge < -0.3 is 29.6 Å². The van der Waals surface area contributed by atoms with Crippen molar-refractivity contribution in [2.75, 3.05) is 18.5 Å². The lowest BCUT2D eigenvalue weighted by Gasteiger charge is -2.24.